The molecule has 3 N–H and O–H groups in total. The highest BCUT2D eigenvalue weighted by Crippen LogP contribution is 2.35. The molecule has 1 saturated carbocycles. The quantitative estimate of drug-likeness (QED) is 0.793. The van der Waals surface area contributed by atoms with Crippen molar-refractivity contribution in [1.82, 2.24) is 10.2 Å². The number of nitrogens with zero attached hydrogens (tertiary/aromatic N) is 1. The van der Waals surface area contributed by atoms with E-state index in [9.17, 15) is 14.0 Å². The van der Waals surface area contributed by atoms with Gasteiger partial charge in [0.25, 0.3) is 11.8 Å². The molecule has 0 radical (unpaired) electrons. The van der Waals surface area contributed by atoms with Crippen LogP contribution < -0.4 is 15.8 Å². The van der Waals surface area contributed by atoms with Gasteiger partial charge in [0, 0.05) is 18.3 Å². The summed E-state index contributed by atoms with van der Waals surface area (Å²) in [7, 11) is 0. The van der Waals surface area contributed by atoms with Gasteiger partial charge in [-0.2, -0.15) is 0 Å². The van der Waals surface area contributed by atoms with E-state index in [1.165, 1.54) is 24.3 Å². The Balaban J connectivity index is 1.44. The minimum absolute atomic E-state index is 0.108. The van der Waals surface area contributed by atoms with Crippen molar-refractivity contribution in [3.8, 4) is 5.75 Å². The molecule has 1 aliphatic heterocycles. The normalized spacial score (nSPS) is 15.9. The highest BCUT2D eigenvalue weighted by Gasteiger charge is 2.37. The molecule has 27 heavy (non-hydrogen) atoms. The molecule has 0 spiro atoms. The van der Waals surface area contributed by atoms with Gasteiger partial charge in [-0.3, -0.25) is 9.59 Å². The van der Waals surface area contributed by atoms with Gasteiger partial charge in [-0.25, -0.2) is 4.39 Å². The van der Waals surface area contributed by atoms with E-state index < -0.39 is 0 Å². The van der Waals surface area contributed by atoms with Gasteiger partial charge in [0.2, 0.25) is 0 Å². The molecular weight excluding hydrogens is 349 g/mol. The Morgan fingerprint density at radius 1 is 1.30 bits per heavy atom. The number of nitrogens with two attached hydrogens (primary N) is 1. The number of carbonyl (C=O) groups is 2. The Morgan fingerprint density at radius 2 is 2.11 bits per heavy atom. The van der Waals surface area contributed by atoms with Crippen LogP contribution in [-0.2, 0) is 6.42 Å². The molecule has 1 fully saturated rings. The Labute approximate surface area is 156 Å². The number of hydrogen-bond donors (Lipinski definition) is 2. The fraction of sp³-hybridized carbons (Fsp3) is 0.300. The van der Waals surface area contributed by atoms with E-state index in [1.54, 1.807) is 17.0 Å². The first-order chi connectivity index (χ1) is 13.0. The summed E-state index contributed by atoms with van der Waals surface area (Å²) in [6.45, 7) is 0.537. The number of anilines is 1. The largest absolute Gasteiger partial charge is 0.472 e. The van der Waals surface area contributed by atoms with Crippen LogP contribution in [0.3, 0.4) is 0 Å². The van der Waals surface area contributed by atoms with Crippen LogP contribution in [0.15, 0.2) is 36.4 Å². The van der Waals surface area contributed by atoms with Crippen LogP contribution in [0.4, 0.5) is 10.1 Å². The van der Waals surface area contributed by atoms with Crippen LogP contribution in [0, 0.1) is 5.82 Å². The predicted molar refractivity (Wildman–Crippen MR) is 98.0 cm³/mol. The Kier molecular flexibility index (Phi) is 4.43. The maximum atomic E-state index is 13.2. The van der Waals surface area contributed by atoms with Crippen LogP contribution in [0.1, 0.15) is 39.1 Å². The van der Waals surface area contributed by atoms with E-state index in [0.29, 0.717) is 24.3 Å². The van der Waals surface area contributed by atoms with E-state index in [0.717, 1.165) is 18.4 Å². The van der Waals surface area contributed by atoms with Crippen molar-refractivity contribution in [3.63, 3.8) is 0 Å². The number of benzene rings is 2. The second kappa shape index (κ2) is 6.90. The molecule has 140 valence electrons. The zero-order chi connectivity index (χ0) is 19.0. The van der Waals surface area contributed by atoms with E-state index in [-0.39, 0.29) is 41.7 Å². The zero-order valence-electron chi connectivity index (χ0n) is 14.7. The summed E-state index contributed by atoms with van der Waals surface area (Å²) in [5, 5.41) is 2.77. The topological polar surface area (TPSA) is 84.7 Å². The zero-order valence-corrected chi connectivity index (χ0v) is 14.7. The first kappa shape index (κ1) is 17.3. The van der Waals surface area contributed by atoms with Crippen LogP contribution in [0.5, 0.6) is 5.75 Å². The van der Waals surface area contributed by atoms with Crippen LogP contribution >= 0.6 is 0 Å². The Bertz CT molecular complexity index is 911. The molecule has 0 atom stereocenters. The third-order valence-corrected chi connectivity index (χ3v) is 4.82. The smallest absolute Gasteiger partial charge is 0.260 e. The third kappa shape index (κ3) is 3.58. The van der Waals surface area contributed by atoms with Crippen molar-refractivity contribution in [2.24, 2.45) is 0 Å². The number of fused-ring (bicyclic) bond motifs is 1. The standard InChI is InChI=1S/C20H20FN3O3/c21-13-3-1-2-12(8-13)6-7-23-19(25)15-10-18-16(9-17(15)22)20(26)24(11-27-18)14-4-5-14/h1-3,8-10,14H,4-7,11,22H2,(H,23,25). The molecule has 1 aliphatic carbocycles. The molecule has 4 rings (SSSR count). The Morgan fingerprint density at radius 3 is 2.85 bits per heavy atom. The van der Waals surface area contributed by atoms with E-state index in [4.69, 9.17) is 10.5 Å². The molecule has 2 aromatic rings. The number of ether oxygens (including phenoxy) is 1. The summed E-state index contributed by atoms with van der Waals surface area (Å²) in [4.78, 5) is 26.7. The molecule has 1 heterocycles. The van der Waals surface area contributed by atoms with Crippen LogP contribution in [0.25, 0.3) is 0 Å². The summed E-state index contributed by atoms with van der Waals surface area (Å²) in [5.41, 5.74) is 7.69. The lowest BCUT2D eigenvalue weighted by Gasteiger charge is -2.29. The molecule has 2 amide bonds. The highest BCUT2D eigenvalue weighted by molar-refractivity contribution is 6.04. The number of amides is 2. The first-order valence-electron chi connectivity index (χ1n) is 8.93. The van der Waals surface area contributed by atoms with Crippen LogP contribution in [-0.4, -0.2) is 36.0 Å². The second-order valence-corrected chi connectivity index (χ2v) is 6.85. The van der Waals surface area contributed by atoms with Crippen LogP contribution in [0.2, 0.25) is 0 Å². The maximum absolute atomic E-state index is 13.2. The number of nitrogens with one attached hydrogen (secondary N) is 1. The van der Waals surface area contributed by atoms with Gasteiger partial charge < -0.3 is 20.7 Å². The van der Waals surface area contributed by atoms with Crippen molar-refractivity contribution in [2.45, 2.75) is 25.3 Å². The lowest BCUT2D eigenvalue weighted by molar-refractivity contribution is 0.0497. The van der Waals surface area contributed by atoms with E-state index in [1.807, 2.05) is 0 Å². The van der Waals surface area contributed by atoms with Crippen molar-refractivity contribution >= 4 is 17.5 Å². The third-order valence-electron chi connectivity index (χ3n) is 4.82. The molecule has 2 aromatic carbocycles. The number of carbonyl (C=O) groups excluding carboxylic acids is 2. The van der Waals surface area contributed by atoms with Gasteiger partial charge in [-0.15, -0.1) is 0 Å². The molecule has 0 bridgehead atoms. The molecule has 2 aliphatic rings. The van der Waals surface area contributed by atoms with Gasteiger partial charge in [-0.1, -0.05) is 12.1 Å². The molecule has 0 saturated heterocycles. The predicted octanol–water partition coefficient (Wildman–Crippen LogP) is 2.33. The average molecular weight is 369 g/mol. The Hall–Kier alpha value is -3.09. The monoisotopic (exact) mass is 369 g/mol. The lowest BCUT2D eigenvalue weighted by Crippen LogP contribution is -2.40. The van der Waals surface area contributed by atoms with Crippen molar-refractivity contribution in [1.29, 1.82) is 0 Å². The van der Waals surface area contributed by atoms with E-state index >= 15 is 0 Å². The number of rotatable bonds is 5. The van der Waals surface area contributed by atoms with Crippen molar-refractivity contribution < 1.29 is 18.7 Å². The SMILES string of the molecule is Nc1cc2c(cc1C(=O)NCCc1cccc(F)c1)OCN(C1CC1)C2=O. The fourth-order valence-corrected chi connectivity index (χ4v) is 3.20. The molecule has 0 aromatic heterocycles. The summed E-state index contributed by atoms with van der Waals surface area (Å²) < 4.78 is 18.9. The lowest BCUT2D eigenvalue weighted by atomic mass is 10.0. The van der Waals surface area contributed by atoms with Crippen molar-refractivity contribution in [2.75, 3.05) is 19.0 Å². The summed E-state index contributed by atoms with van der Waals surface area (Å²) in [6, 6.07) is 9.52. The average Bonchev–Trinajstić information content (AvgIpc) is 3.47. The maximum Gasteiger partial charge on any atom is 0.260 e. The van der Waals surface area contributed by atoms with Gasteiger partial charge >= 0.3 is 0 Å². The minimum Gasteiger partial charge on any atom is -0.472 e. The number of hydrogen-bond acceptors (Lipinski definition) is 4. The van der Waals surface area contributed by atoms with Gasteiger partial charge in [-0.05, 0) is 49.1 Å². The molecule has 0 unspecified atom stereocenters. The van der Waals surface area contributed by atoms with Gasteiger partial charge in [0.15, 0.2) is 6.73 Å². The molecule has 6 nitrogen and oxygen atoms in total. The first-order valence-corrected chi connectivity index (χ1v) is 8.93. The number of nitrogen functional groups attached to an aromatic ring is 1. The number of halogens is 1. The molecular formula is C20H20FN3O3. The summed E-state index contributed by atoms with van der Waals surface area (Å²) in [5.74, 6) is -0.392. The fourth-order valence-electron chi connectivity index (χ4n) is 3.20. The van der Waals surface area contributed by atoms with Gasteiger partial charge in [0.05, 0.1) is 11.1 Å². The molecule has 7 heteroatoms. The highest BCUT2D eigenvalue weighted by atomic mass is 19.1. The summed E-state index contributed by atoms with van der Waals surface area (Å²) in [6.07, 6.45) is 2.48. The van der Waals surface area contributed by atoms with E-state index in [2.05, 4.69) is 5.32 Å². The summed E-state index contributed by atoms with van der Waals surface area (Å²) >= 11 is 0. The van der Waals surface area contributed by atoms with Gasteiger partial charge in [0.1, 0.15) is 11.6 Å². The second-order valence-electron chi connectivity index (χ2n) is 6.85. The minimum atomic E-state index is -0.354. The van der Waals surface area contributed by atoms with Crippen molar-refractivity contribution in [3.05, 3.63) is 58.9 Å².